The Morgan fingerprint density at radius 3 is 2.48 bits per heavy atom. The van der Waals surface area contributed by atoms with Crippen molar-refractivity contribution in [2.45, 2.75) is 64.6 Å². The van der Waals surface area contributed by atoms with Crippen LogP contribution in [0.2, 0.25) is 0 Å². The molecule has 0 saturated heterocycles. The number of ether oxygens (including phenoxy) is 2. The fourth-order valence-electron chi connectivity index (χ4n) is 4.45. The molecule has 0 radical (unpaired) electrons. The average Bonchev–Trinajstić information content (AvgIpc) is 2.48. The van der Waals surface area contributed by atoms with Crippen LogP contribution >= 0.6 is 0 Å². The highest BCUT2D eigenvalue weighted by Gasteiger charge is 2.55. The number of rotatable bonds is 3. The molecule has 5 atom stereocenters. The topological polar surface area (TPSA) is 72.8 Å². The lowest BCUT2D eigenvalue weighted by atomic mass is 9.53. The summed E-state index contributed by atoms with van der Waals surface area (Å²) >= 11 is 0. The van der Waals surface area contributed by atoms with Gasteiger partial charge in [-0.3, -0.25) is 4.79 Å². The van der Waals surface area contributed by atoms with Gasteiger partial charge in [-0.05, 0) is 56.3 Å². The van der Waals surface area contributed by atoms with Gasteiger partial charge in [0.15, 0.2) is 0 Å². The van der Waals surface area contributed by atoms with Crippen LogP contribution in [0.1, 0.15) is 52.9 Å². The largest absolute Gasteiger partial charge is 0.466 e. The molecule has 0 aromatic rings. The maximum atomic E-state index is 11.3. The predicted molar refractivity (Wildman–Crippen MR) is 85.5 cm³/mol. The molecular weight excluding hydrogens is 296 g/mol. The summed E-state index contributed by atoms with van der Waals surface area (Å²) in [5.41, 5.74) is -0.994. The van der Waals surface area contributed by atoms with Crippen LogP contribution in [-0.2, 0) is 19.1 Å². The Hall–Kier alpha value is -1.36. The molecule has 0 aromatic heterocycles. The van der Waals surface area contributed by atoms with Gasteiger partial charge in [-0.15, -0.1) is 0 Å². The number of aliphatic hydroxyl groups is 1. The van der Waals surface area contributed by atoms with Gasteiger partial charge in [-0.1, -0.05) is 13.0 Å². The number of carbonyl (C=O) groups is 2. The molecule has 130 valence electrons. The molecule has 2 saturated carbocycles. The van der Waals surface area contributed by atoms with Gasteiger partial charge in [0.05, 0.1) is 7.11 Å². The Bertz CT molecular complexity index is 496. The van der Waals surface area contributed by atoms with Crippen LogP contribution in [0, 0.1) is 17.3 Å². The molecule has 5 unspecified atom stereocenters. The monoisotopic (exact) mass is 324 g/mol. The lowest BCUT2D eigenvalue weighted by Gasteiger charge is -2.56. The van der Waals surface area contributed by atoms with Crippen LogP contribution in [0.5, 0.6) is 0 Å². The molecule has 0 bridgehead atoms. The first kappa shape index (κ1) is 18.0. The maximum absolute atomic E-state index is 11.3. The number of carbonyl (C=O) groups excluding carboxylic acids is 2. The highest BCUT2D eigenvalue weighted by atomic mass is 16.6. The molecule has 0 spiro atoms. The average molecular weight is 324 g/mol. The van der Waals surface area contributed by atoms with E-state index in [1.165, 1.54) is 20.1 Å². The van der Waals surface area contributed by atoms with Gasteiger partial charge in [0.25, 0.3) is 0 Å². The van der Waals surface area contributed by atoms with Crippen molar-refractivity contribution in [1.29, 1.82) is 0 Å². The third-order valence-electron chi connectivity index (χ3n) is 5.81. The smallest absolute Gasteiger partial charge is 0.330 e. The molecule has 0 aromatic carbocycles. The van der Waals surface area contributed by atoms with Crippen molar-refractivity contribution in [2.75, 3.05) is 7.11 Å². The maximum Gasteiger partial charge on any atom is 0.330 e. The summed E-state index contributed by atoms with van der Waals surface area (Å²) in [5.74, 6) is -0.438. The molecule has 5 nitrogen and oxygen atoms in total. The summed E-state index contributed by atoms with van der Waals surface area (Å²) in [6.45, 7) is 5.39. The van der Waals surface area contributed by atoms with E-state index in [0.29, 0.717) is 6.42 Å². The fraction of sp³-hybridized carbons (Fsp3) is 0.778. The predicted octanol–water partition coefficient (Wildman–Crippen LogP) is 2.61. The zero-order chi connectivity index (χ0) is 17.3. The molecule has 2 rings (SSSR count). The summed E-state index contributed by atoms with van der Waals surface area (Å²) < 4.78 is 10.0. The summed E-state index contributed by atoms with van der Waals surface area (Å²) in [6, 6.07) is 0. The van der Waals surface area contributed by atoms with Crippen molar-refractivity contribution in [3.63, 3.8) is 0 Å². The van der Waals surface area contributed by atoms with E-state index in [9.17, 15) is 14.7 Å². The van der Waals surface area contributed by atoms with Gasteiger partial charge >= 0.3 is 11.9 Å². The molecule has 23 heavy (non-hydrogen) atoms. The van der Waals surface area contributed by atoms with Gasteiger partial charge in [-0.25, -0.2) is 4.79 Å². The first-order chi connectivity index (χ1) is 10.7. The number of hydrogen-bond acceptors (Lipinski definition) is 5. The number of methoxy groups -OCH3 is 1. The third-order valence-corrected chi connectivity index (χ3v) is 5.81. The molecule has 2 aliphatic rings. The Balaban J connectivity index is 2.16. The highest BCUT2D eigenvalue weighted by Crippen LogP contribution is 2.56. The van der Waals surface area contributed by atoms with Crippen LogP contribution < -0.4 is 0 Å². The lowest BCUT2D eigenvalue weighted by molar-refractivity contribution is -0.203. The second-order valence-electron chi connectivity index (χ2n) is 7.49. The quantitative estimate of drug-likeness (QED) is 0.638. The van der Waals surface area contributed by atoms with E-state index in [1.807, 2.05) is 6.08 Å². The molecule has 0 aliphatic heterocycles. The lowest BCUT2D eigenvalue weighted by Crippen LogP contribution is -2.59. The zero-order valence-electron chi connectivity index (χ0n) is 14.5. The highest BCUT2D eigenvalue weighted by molar-refractivity contribution is 5.81. The fourth-order valence-corrected chi connectivity index (χ4v) is 4.45. The van der Waals surface area contributed by atoms with Gasteiger partial charge in [-0.2, -0.15) is 0 Å². The van der Waals surface area contributed by atoms with Crippen LogP contribution in [0.3, 0.4) is 0 Å². The van der Waals surface area contributed by atoms with E-state index in [0.717, 1.165) is 25.7 Å². The molecule has 1 N–H and O–H groups in total. The molecular formula is C18H28O5. The minimum Gasteiger partial charge on any atom is -0.466 e. The summed E-state index contributed by atoms with van der Waals surface area (Å²) in [5, 5.41) is 11.1. The van der Waals surface area contributed by atoms with Crippen molar-refractivity contribution < 1.29 is 24.2 Å². The first-order valence-electron chi connectivity index (χ1n) is 8.35. The van der Waals surface area contributed by atoms with Crippen molar-refractivity contribution in [2.24, 2.45) is 17.3 Å². The Morgan fingerprint density at radius 2 is 1.87 bits per heavy atom. The van der Waals surface area contributed by atoms with Crippen molar-refractivity contribution in [3.05, 3.63) is 12.2 Å². The van der Waals surface area contributed by atoms with E-state index >= 15 is 0 Å². The normalized spacial score (nSPS) is 40.5. The van der Waals surface area contributed by atoms with Crippen LogP contribution in [-0.4, -0.2) is 35.9 Å². The Morgan fingerprint density at radius 1 is 1.22 bits per heavy atom. The molecule has 5 heteroatoms. The van der Waals surface area contributed by atoms with Gasteiger partial charge in [0, 0.05) is 13.0 Å². The van der Waals surface area contributed by atoms with E-state index in [1.54, 1.807) is 6.92 Å². The standard InChI is InChI=1S/C18H28O5/c1-12(19)23-15-8-10-17(2)9-7-13(5-6-16(20)22-4)11-14(17)18(15,3)21/h5-6,13-15,21H,7-11H2,1-4H3. The summed E-state index contributed by atoms with van der Waals surface area (Å²) in [4.78, 5) is 22.6. The van der Waals surface area contributed by atoms with Crippen LogP contribution in [0.25, 0.3) is 0 Å². The van der Waals surface area contributed by atoms with Crippen LogP contribution in [0.4, 0.5) is 0 Å². The molecule has 0 heterocycles. The molecule has 0 amide bonds. The van der Waals surface area contributed by atoms with Crippen molar-refractivity contribution in [3.8, 4) is 0 Å². The summed E-state index contributed by atoms with van der Waals surface area (Å²) in [7, 11) is 1.36. The van der Waals surface area contributed by atoms with Gasteiger partial charge < -0.3 is 14.6 Å². The third kappa shape index (κ3) is 3.77. The van der Waals surface area contributed by atoms with Crippen molar-refractivity contribution in [1.82, 2.24) is 0 Å². The number of fused-ring (bicyclic) bond motifs is 1. The number of esters is 2. The van der Waals surface area contributed by atoms with Gasteiger partial charge in [0.1, 0.15) is 11.7 Å². The van der Waals surface area contributed by atoms with E-state index in [-0.39, 0.29) is 29.2 Å². The Kier molecular flexibility index (Phi) is 5.19. The minimum atomic E-state index is -1.05. The SMILES string of the molecule is COC(=O)C=CC1CCC2(C)CCC(OC(C)=O)C(C)(O)C2C1. The number of hydrogen-bond donors (Lipinski definition) is 1. The molecule has 2 fully saturated rings. The zero-order valence-corrected chi connectivity index (χ0v) is 14.5. The Labute approximate surface area is 138 Å². The van der Waals surface area contributed by atoms with E-state index in [4.69, 9.17) is 4.74 Å². The van der Waals surface area contributed by atoms with E-state index < -0.39 is 11.7 Å². The second kappa shape index (κ2) is 6.63. The van der Waals surface area contributed by atoms with Crippen molar-refractivity contribution >= 4 is 11.9 Å². The van der Waals surface area contributed by atoms with Crippen LogP contribution in [0.15, 0.2) is 12.2 Å². The van der Waals surface area contributed by atoms with Gasteiger partial charge in [0.2, 0.25) is 0 Å². The number of allylic oxidation sites excluding steroid dienone is 1. The second-order valence-corrected chi connectivity index (χ2v) is 7.49. The summed E-state index contributed by atoms with van der Waals surface area (Å²) in [6.07, 6.45) is 7.31. The molecule has 2 aliphatic carbocycles. The first-order valence-corrected chi connectivity index (χ1v) is 8.35. The van der Waals surface area contributed by atoms with E-state index in [2.05, 4.69) is 11.7 Å². The minimum absolute atomic E-state index is 0.0362.